The first kappa shape index (κ1) is 20.5. The molecule has 31 heavy (non-hydrogen) atoms. The van der Waals surface area contributed by atoms with Crippen molar-refractivity contribution in [1.29, 1.82) is 0 Å². The number of ether oxygens (including phenoxy) is 2. The molecule has 0 spiro atoms. The Hall–Kier alpha value is -3.73. The molecule has 2 aromatic heterocycles. The molecule has 0 amide bonds. The van der Waals surface area contributed by atoms with Crippen LogP contribution in [0.15, 0.2) is 91.4 Å². The Balaban J connectivity index is 1.34. The van der Waals surface area contributed by atoms with Gasteiger partial charge in [-0.2, -0.15) is 0 Å². The van der Waals surface area contributed by atoms with Gasteiger partial charge in [0.05, 0.1) is 13.7 Å². The summed E-state index contributed by atoms with van der Waals surface area (Å²) in [4.78, 5) is 6.43. The number of benzene rings is 2. The average molecular weight is 414 g/mol. The van der Waals surface area contributed by atoms with Crippen molar-refractivity contribution in [3.63, 3.8) is 0 Å². The fourth-order valence-corrected chi connectivity index (χ4v) is 3.47. The van der Waals surface area contributed by atoms with E-state index in [2.05, 4.69) is 44.9 Å². The third-order valence-corrected chi connectivity index (χ3v) is 5.17. The Morgan fingerprint density at radius 1 is 0.903 bits per heavy atom. The summed E-state index contributed by atoms with van der Waals surface area (Å²) in [6.45, 7) is 2.14. The van der Waals surface area contributed by atoms with Crippen molar-refractivity contribution in [2.24, 2.45) is 0 Å². The average Bonchev–Trinajstić information content (AvgIpc) is 3.24. The van der Waals surface area contributed by atoms with Crippen molar-refractivity contribution in [1.82, 2.24) is 9.55 Å². The van der Waals surface area contributed by atoms with E-state index in [1.807, 2.05) is 61.8 Å². The second-order valence-electron chi connectivity index (χ2n) is 7.38. The molecule has 0 aliphatic rings. The molecule has 5 nitrogen and oxygen atoms in total. The van der Waals surface area contributed by atoms with E-state index >= 15 is 0 Å². The van der Waals surface area contributed by atoms with E-state index in [-0.39, 0.29) is 0 Å². The number of anilines is 1. The third-order valence-electron chi connectivity index (χ3n) is 5.17. The van der Waals surface area contributed by atoms with Crippen LogP contribution in [-0.2, 0) is 6.54 Å². The van der Waals surface area contributed by atoms with E-state index in [0.29, 0.717) is 6.61 Å². The molecule has 4 rings (SSSR count). The lowest BCUT2D eigenvalue weighted by molar-refractivity contribution is 0.325. The van der Waals surface area contributed by atoms with Crippen LogP contribution in [0.25, 0.3) is 11.1 Å². The number of likely N-dealkylation sites (N-methyl/N-ethyl adjacent to an activating group) is 1. The lowest BCUT2D eigenvalue weighted by Gasteiger charge is -2.18. The highest BCUT2D eigenvalue weighted by molar-refractivity contribution is 5.70. The summed E-state index contributed by atoms with van der Waals surface area (Å²) in [5, 5.41) is 0. The minimum Gasteiger partial charge on any atom is -0.495 e. The minimum atomic E-state index is 0.599. The molecule has 4 aromatic rings. The molecule has 158 valence electrons. The molecule has 0 atom stereocenters. The molecular formula is C26H27N3O2. The maximum atomic E-state index is 5.91. The van der Waals surface area contributed by atoms with Crippen LogP contribution in [0.4, 0.5) is 5.82 Å². The summed E-state index contributed by atoms with van der Waals surface area (Å²) < 4.78 is 13.6. The zero-order valence-electron chi connectivity index (χ0n) is 17.9. The molecule has 0 saturated heterocycles. The number of hydrogen-bond donors (Lipinski definition) is 0. The third kappa shape index (κ3) is 5.25. The van der Waals surface area contributed by atoms with Crippen LogP contribution in [-0.4, -0.2) is 36.9 Å². The summed E-state index contributed by atoms with van der Waals surface area (Å²) in [5.74, 6) is 2.69. The van der Waals surface area contributed by atoms with Gasteiger partial charge in [-0.25, -0.2) is 4.98 Å². The van der Waals surface area contributed by atoms with E-state index in [0.717, 1.165) is 41.5 Å². The first-order chi connectivity index (χ1) is 15.2. The monoisotopic (exact) mass is 413 g/mol. The topological polar surface area (TPSA) is 39.5 Å². The molecule has 5 heteroatoms. The van der Waals surface area contributed by atoms with E-state index in [1.54, 1.807) is 13.3 Å². The van der Waals surface area contributed by atoms with Crippen LogP contribution >= 0.6 is 0 Å². The lowest BCUT2D eigenvalue weighted by Crippen LogP contribution is -2.24. The van der Waals surface area contributed by atoms with Crippen molar-refractivity contribution in [2.45, 2.75) is 6.54 Å². The van der Waals surface area contributed by atoms with Crippen molar-refractivity contribution in [3.8, 4) is 22.6 Å². The van der Waals surface area contributed by atoms with Crippen LogP contribution in [0, 0.1) is 0 Å². The Kier molecular flexibility index (Phi) is 6.53. The van der Waals surface area contributed by atoms with Gasteiger partial charge in [-0.1, -0.05) is 48.5 Å². The Labute approximate surface area is 183 Å². The molecule has 0 aliphatic carbocycles. The fraction of sp³-hybridized carbons (Fsp3) is 0.192. The normalized spacial score (nSPS) is 10.6. The van der Waals surface area contributed by atoms with Gasteiger partial charge in [0.25, 0.3) is 0 Å². The highest BCUT2D eigenvalue weighted by Crippen LogP contribution is 2.31. The predicted octanol–water partition coefficient (Wildman–Crippen LogP) is 5.12. The maximum Gasteiger partial charge on any atom is 0.144 e. The first-order valence-electron chi connectivity index (χ1n) is 10.4. The highest BCUT2D eigenvalue weighted by Gasteiger charge is 2.10. The fourth-order valence-electron chi connectivity index (χ4n) is 3.47. The van der Waals surface area contributed by atoms with E-state index in [1.165, 1.54) is 5.56 Å². The van der Waals surface area contributed by atoms with Gasteiger partial charge in [0.15, 0.2) is 0 Å². The van der Waals surface area contributed by atoms with Crippen molar-refractivity contribution in [2.75, 3.05) is 32.2 Å². The number of methoxy groups -OCH3 is 1. The van der Waals surface area contributed by atoms with Gasteiger partial charge in [0.1, 0.15) is 23.9 Å². The van der Waals surface area contributed by atoms with Crippen LogP contribution in [0.5, 0.6) is 11.5 Å². The standard InChI is InChI=1S/C26H27N3O2/c1-28(26-10-6-7-15-27-26)16-17-31-23-13-11-21(12-14-23)18-29-19-24(25(20-29)30-2)22-8-4-3-5-9-22/h3-15,19-20H,16-18H2,1-2H3. The smallest absolute Gasteiger partial charge is 0.144 e. The minimum absolute atomic E-state index is 0.599. The van der Waals surface area contributed by atoms with Crippen molar-refractivity contribution in [3.05, 3.63) is 97.0 Å². The van der Waals surface area contributed by atoms with Crippen LogP contribution in [0.1, 0.15) is 5.56 Å². The zero-order valence-corrected chi connectivity index (χ0v) is 17.9. The molecule has 0 N–H and O–H groups in total. The van der Waals surface area contributed by atoms with Crippen molar-refractivity contribution < 1.29 is 9.47 Å². The molecule has 0 bridgehead atoms. The van der Waals surface area contributed by atoms with Gasteiger partial charge < -0.3 is 18.9 Å². The molecule has 2 heterocycles. The van der Waals surface area contributed by atoms with Gasteiger partial charge >= 0.3 is 0 Å². The largest absolute Gasteiger partial charge is 0.495 e. The molecule has 2 aromatic carbocycles. The van der Waals surface area contributed by atoms with Crippen LogP contribution in [0.3, 0.4) is 0 Å². The highest BCUT2D eigenvalue weighted by atomic mass is 16.5. The van der Waals surface area contributed by atoms with Gasteiger partial charge in [-0.3, -0.25) is 0 Å². The SMILES string of the molecule is COc1cn(Cc2ccc(OCCN(C)c3ccccn3)cc2)cc1-c1ccccc1. The lowest BCUT2D eigenvalue weighted by atomic mass is 10.1. The Bertz CT molecular complexity index is 1080. The molecule has 0 aliphatic heterocycles. The second kappa shape index (κ2) is 9.85. The zero-order chi connectivity index (χ0) is 21.5. The van der Waals surface area contributed by atoms with Crippen molar-refractivity contribution >= 4 is 5.82 Å². The van der Waals surface area contributed by atoms with E-state index in [4.69, 9.17) is 9.47 Å². The van der Waals surface area contributed by atoms with E-state index < -0.39 is 0 Å². The van der Waals surface area contributed by atoms with Gasteiger partial charge in [-0.05, 0) is 35.4 Å². The summed E-state index contributed by atoms with van der Waals surface area (Å²) in [6, 6.07) is 24.4. The number of pyridine rings is 1. The number of aromatic nitrogens is 2. The molecular weight excluding hydrogens is 386 g/mol. The number of rotatable bonds is 9. The predicted molar refractivity (Wildman–Crippen MR) is 125 cm³/mol. The van der Waals surface area contributed by atoms with E-state index in [9.17, 15) is 0 Å². The first-order valence-corrected chi connectivity index (χ1v) is 10.4. The summed E-state index contributed by atoms with van der Waals surface area (Å²) in [6.07, 6.45) is 5.97. The van der Waals surface area contributed by atoms with Gasteiger partial charge in [0, 0.05) is 37.7 Å². The Morgan fingerprint density at radius 2 is 1.68 bits per heavy atom. The summed E-state index contributed by atoms with van der Waals surface area (Å²) >= 11 is 0. The molecule has 0 fully saturated rings. The molecule has 0 saturated carbocycles. The van der Waals surface area contributed by atoms with Crippen LogP contribution in [0.2, 0.25) is 0 Å². The quantitative estimate of drug-likeness (QED) is 0.382. The summed E-state index contributed by atoms with van der Waals surface area (Å²) in [7, 11) is 3.73. The van der Waals surface area contributed by atoms with Gasteiger partial charge in [-0.15, -0.1) is 0 Å². The summed E-state index contributed by atoms with van der Waals surface area (Å²) in [5.41, 5.74) is 3.45. The van der Waals surface area contributed by atoms with Crippen LogP contribution < -0.4 is 14.4 Å². The van der Waals surface area contributed by atoms with Gasteiger partial charge in [0.2, 0.25) is 0 Å². The number of nitrogens with zero attached hydrogens (tertiary/aromatic N) is 3. The molecule has 0 radical (unpaired) electrons. The number of hydrogen-bond acceptors (Lipinski definition) is 4. The maximum absolute atomic E-state index is 5.91. The Morgan fingerprint density at radius 3 is 2.39 bits per heavy atom. The molecule has 0 unspecified atom stereocenters. The second-order valence-corrected chi connectivity index (χ2v) is 7.38.